The highest BCUT2D eigenvalue weighted by atomic mass is 35.5. The van der Waals surface area contributed by atoms with E-state index in [1.54, 1.807) is 17.0 Å². The molecule has 0 atom stereocenters. The summed E-state index contributed by atoms with van der Waals surface area (Å²) in [4.78, 5) is 15.2. The van der Waals surface area contributed by atoms with Crippen LogP contribution in [0.2, 0.25) is 10.0 Å². The Morgan fingerprint density at radius 1 is 0.897 bits per heavy atom. The molecule has 0 saturated heterocycles. The topological polar surface area (TPSA) is 20.3 Å². The Morgan fingerprint density at radius 2 is 1.66 bits per heavy atom. The van der Waals surface area contributed by atoms with Crippen LogP contribution >= 0.6 is 23.2 Å². The van der Waals surface area contributed by atoms with Crippen molar-refractivity contribution in [2.24, 2.45) is 0 Å². The fourth-order valence-electron chi connectivity index (χ4n) is 3.52. The Morgan fingerprint density at radius 3 is 2.34 bits per heavy atom. The molecular formula is C25H19Cl2NO. The molecule has 0 radical (unpaired) electrons. The maximum absolute atomic E-state index is 13.4. The van der Waals surface area contributed by atoms with Crippen molar-refractivity contribution >= 4 is 46.6 Å². The van der Waals surface area contributed by atoms with Gasteiger partial charge in [0.1, 0.15) is 0 Å². The maximum atomic E-state index is 13.4. The van der Waals surface area contributed by atoms with Gasteiger partial charge in [-0.25, -0.2) is 0 Å². The Labute approximate surface area is 180 Å². The van der Waals surface area contributed by atoms with Crippen molar-refractivity contribution in [3.63, 3.8) is 0 Å². The Balaban J connectivity index is 1.86. The number of anilines is 1. The zero-order chi connectivity index (χ0) is 20.5. The van der Waals surface area contributed by atoms with E-state index in [-0.39, 0.29) is 5.91 Å². The van der Waals surface area contributed by atoms with Gasteiger partial charge in [-0.05, 0) is 60.9 Å². The molecule has 144 valence electrons. The Kier molecular flexibility index (Phi) is 5.31. The van der Waals surface area contributed by atoms with Crippen molar-refractivity contribution in [1.82, 2.24) is 0 Å². The van der Waals surface area contributed by atoms with Crippen LogP contribution in [0.3, 0.4) is 0 Å². The third kappa shape index (κ3) is 3.87. The lowest BCUT2D eigenvalue weighted by Gasteiger charge is -2.23. The first-order valence-corrected chi connectivity index (χ1v) is 10.1. The second-order valence-electron chi connectivity index (χ2n) is 7.09. The summed E-state index contributed by atoms with van der Waals surface area (Å²) in [5.41, 5.74) is 6.24. The molecule has 3 aromatic rings. The van der Waals surface area contributed by atoms with Gasteiger partial charge in [-0.1, -0.05) is 77.3 Å². The second kappa shape index (κ2) is 7.90. The van der Waals surface area contributed by atoms with Crippen molar-refractivity contribution in [2.45, 2.75) is 13.8 Å². The molecule has 0 aromatic heterocycles. The van der Waals surface area contributed by atoms with Gasteiger partial charge in [0, 0.05) is 15.6 Å². The maximum Gasteiger partial charge on any atom is 0.262 e. The summed E-state index contributed by atoms with van der Waals surface area (Å²) < 4.78 is 0. The number of rotatable bonds is 3. The minimum absolute atomic E-state index is 0.0816. The van der Waals surface area contributed by atoms with Crippen LogP contribution in [0.15, 0.2) is 78.4 Å². The molecule has 2 nitrogen and oxygen atoms in total. The lowest BCUT2D eigenvalue weighted by atomic mass is 10.1. The predicted molar refractivity (Wildman–Crippen MR) is 122 cm³/mol. The average Bonchev–Trinajstić information content (AvgIpc) is 3.01. The van der Waals surface area contributed by atoms with Gasteiger partial charge >= 0.3 is 0 Å². The van der Waals surface area contributed by atoms with Crippen LogP contribution in [-0.2, 0) is 4.79 Å². The van der Waals surface area contributed by atoms with Gasteiger partial charge in [0.25, 0.3) is 5.91 Å². The normalized spacial score (nSPS) is 15.2. The largest absolute Gasteiger partial charge is 0.276 e. The van der Waals surface area contributed by atoms with Crippen LogP contribution < -0.4 is 4.90 Å². The third-order valence-corrected chi connectivity index (χ3v) is 5.48. The monoisotopic (exact) mass is 419 g/mol. The van der Waals surface area contributed by atoms with Crippen LogP contribution in [0.4, 0.5) is 5.69 Å². The molecule has 0 fully saturated rings. The number of aryl methyl sites for hydroxylation is 2. The molecule has 0 aliphatic carbocycles. The molecule has 0 saturated carbocycles. The number of carbonyl (C=O) groups excluding carboxylic acids is 1. The van der Waals surface area contributed by atoms with E-state index in [2.05, 4.69) is 6.07 Å². The number of nitrogens with zero attached hydrogens (tertiary/aromatic N) is 1. The van der Waals surface area contributed by atoms with E-state index in [1.807, 2.05) is 74.5 Å². The molecule has 0 spiro atoms. The van der Waals surface area contributed by atoms with Crippen LogP contribution in [0, 0.1) is 13.8 Å². The number of carbonyl (C=O) groups is 1. The Bertz CT molecular complexity index is 1160. The van der Waals surface area contributed by atoms with Crippen molar-refractivity contribution in [1.29, 1.82) is 0 Å². The SMILES string of the molecule is Cc1ccc(N2C(=O)/C(=C/c3ccc(Cl)cc3Cl)C=C2c2ccccc2)c(C)c1. The molecule has 0 N–H and O–H groups in total. The van der Waals surface area contributed by atoms with Gasteiger partial charge in [-0.15, -0.1) is 0 Å². The van der Waals surface area contributed by atoms with Crippen LogP contribution in [0.1, 0.15) is 22.3 Å². The lowest BCUT2D eigenvalue weighted by Crippen LogP contribution is -2.25. The Hall–Kier alpha value is -2.81. The van der Waals surface area contributed by atoms with E-state index in [0.29, 0.717) is 15.6 Å². The molecule has 1 amide bonds. The third-order valence-electron chi connectivity index (χ3n) is 4.92. The van der Waals surface area contributed by atoms with Crippen LogP contribution in [0.5, 0.6) is 0 Å². The molecule has 1 aliphatic rings. The highest BCUT2D eigenvalue weighted by Gasteiger charge is 2.31. The van der Waals surface area contributed by atoms with E-state index in [4.69, 9.17) is 23.2 Å². The molecule has 1 heterocycles. The fraction of sp³-hybridized carbons (Fsp3) is 0.0800. The summed E-state index contributed by atoms with van der Waals surface area (Å²) in [6.45, 7) is 4.07. The molecule has 4 heteroatoms. The highest BCUT2D eigenvalue weighted by Crippen LogP contribution is 2.37. The number of benzene rings is 3. The van der Waals surface area contributed by atoms with E-state index in [9.17, 15) is 4.79 Å². The summed E-state index contributed by atoms with van der Waals surface area (Å²) >= 11 is 12.3. The van der Waals surface area contributed by atoms with Gasteiger partial charge in [-0.2, -0.15) is 0 Å². The zero-order valence-electron chi connectivity index (χ0n) is 16.1. The lowest BCUT2D eigenvalue weighted by molar-refractivity contribution is -0.113. The van der Waals surface area contributed by atoms with Gasteiger partial charge < -0.3 is 0 Å². The molecule has 3 aromatic carbocycles. The average molecular weight is 420 g/mol. The number of halogens is 2. The van der Waals surface area contributed by atoms with Crippen molar-refractivity contribution < 1.29 is 4.79 Å². The minimum Gasteiger partial charge on any atom is -0.276 e. The molecule has 4 rings (SSSR count). The molecule has 0 unspecified atom stereocenters. The molecule has 0 bridgehead atoms. The number of hydrogen-bond donors (Lipinski definition) is 0. The van der Waals surface area contributed by atoms with Crippen molar-refractivity contribution in [3.8, 4) is 0 Å². The van der Waals surface area contributed by atoms with Crippen molar-refractivity contribution in [3.05, 3.63) is 111 Å². The summed E-state index contributed by atoms with van der Waals surface area (Å²) in [5, 5.41) is 1.07. The van der Waals surface area contributed by atoms with Crippen LogP contribution in [0.25, 0.3) is 11.8 Å². The number of hydrogen-bond acceptors (Lipinski definition) is 1. The summed E-state index contributed by atoms with van der Waals surface area (Å²) in [7, 11) is 0. The highest BCUT2D eigenvalue weighted by molar-refractivity contribution is 6.35. The number of amides is 1. The summed E-state index contributed by atoms with van der Waals surface area (Å²) in [5.74, 6) is -0.0816. The molecular weight excluding hydrogens is 401 g/mol. The minimum atomic E-state index is -0.0816. The van der Waals surface area contributed by atoms with E-state index in [0.717, 1.165) is 33.6 Å². The van der Waals surface area contributed by atoms with Gasteiger partial charge in [-0.3, -0.25) is 9.69 Å². The first kappa shape index (κ1) is 19.5. The first-order valence-electron chi connectivity index (χ1n) is 9.29. The van der Waals surface area contributed by atoms with Gasteiger partial charge in [0.2, 0.25) is 0 Å². The molecule has 1 aliphatic heterocycles. The molecule has 29 heavy (non-hydrogen) atoms. The second-order valence-corrected chi connectivity index (χ2v) is 7.94. The fourth-order valence-corrected chi connectivity index (χ4v) is 3.98. The van der Waals surface area contributed by atoms with Gasteiger partial charge in [0.05, 0.1) is 11.4 Å². The summed E-state index contributed by atoms with van der Waals surface area (Å²) in [6, 6.07) is 21.3. The standard InChI is InChI=1S/C25H19Cl2NO/c1-16-8-11-23(17(2)12-16)28-24(18-6-4-3-5-7-18)14-20(25(28)29)13-19-9-10-21(26)15-22(19)27/h3-15H,1-2H3/b20-13+. The van der Waals surface area contributed by atoms with E-state index in [1.165, 1.54) is 0 Å². The zero-order valence-corrected chi connectivity index (χ0v) is 17.6. The predicted octanol–water partition coefficient (Wildman–Crippen LogP) is 7.08. The van der Waals surface area contributed by atoms with E-state index >= 15 is 0 Å². The quantitative estimate of drug-likeness (QED) is 0.415. The first-order chi connectivity index (χ1) is 13.9. The van der Waals surface area contributed by atoms with E-state index < -0.39 is 0 Å². The van der Waals surface area contributed by atoms with Crippen molar-refractivity contribution in [2.75, 3.05) is 4.90 Å². The van der Waals surface area contributed by atoms with Crippen LogP contribution in [-0.4, -0.2) is 5.91 Å². The smallest absolute Gasteiger partial charge is 0.262 e. The summed E-state index contributed by atoms with van der Waals surface area (Å²) in [6.07, 6.45) is 3.73. The van der Waals surface area contributed by atoms with Gasteiger partial charge in [0.15, 0.2) is 0 Å².